The maximum absolute atomic E-state index is 14.2. The molecule has 2 fully saturated rings. The fourth-order valence-corrected chi connectivity index (χ4v) is 3.81. The molecule has 0 radical (unpaired) electrons. The second-order valence-corrected chi connectivity index (χ2v) is 5.85. The van der Waals surface area contributed by atoms with Gasteiger partial charge in [-0.3, -0.25) is 0 Å². The number of rotatable bonds is 1. The van der Waals surface area contributed by atoms with Gasteiger partial charge in [0.2, 0.25) is 0 Å². The van der Waals surface area contributed by atoms with Crippen LogP contribution in [0.2, 0.25) is 0 Å². The molecule has 106 valence electrons. The summed E-state index contributed by atoms with van der Waals surface area (Å²) in [4.78, 5) is 1.92. The zero-order valence-electron chi connectivity index (χ0n) is 11.4. The number of hydrogen-bond donors (Lipinski definition) is 0. The molecule has 0 amide bonds. The van der Waals surface area contributed by atoms with Gasteiger partial charge in [0, 0.05) is 12.6 Å². The van der Waals surface area contributed by atoms with Gasteiger partial charge in [-0.15, -0.1) is 0 Å². The summed E-state index contributed by atoms with van der Waals surface area (Å²) in [5.41, 5.74) is 0.113. The number of nitriles is 1. The summed E-state index contributed by atoms with van der Waals surface area (Å²) in [6.45, 7) is 0.709. The summed E-state index contributed by atoms with van der Waals surface area (Å²) in [6.07, 6.45) is 6.70. The smallest absolute Gasteiger partial charge is 0.150 e. The molecular formula is C16H18F2N2. The lowest BCUT2D eigenvalue weighted by atomic mass is 9.78. The van der Waals surface area contributed by atoms with E-state index in [0.29, 0.717) is 12.5 Å². The van der Waals surface area contributed by atoms with Crippen LogP contribution >= 0.6 is 0 Å². The molecular weight excluding hydrogens is 258 g/mol. The fraction of sp³-hybridized carbons (Fsp3) is 0.562. The highest BCUT2D eigenvalue weighted by Gasteiger charge is 2.35. The zero-order valence-corrected chi connectivity index (χ0v) is 11.4. The third kappa shape index (κ3) is 2.26. The van der Waals surface area contributed by atoms with Crippen molar-refractivity contribution in [2.24, 2.45) is 5.92 Å². The molecule has 2 nitrogen and oxygen atoms in total. The van der Waals surface area contributed by atoms with Crippen molar-refractivity contribution in [3.8, 4) is 6.07 Å². The van der Waals surface area contributed by atoms with E-state index in [1.54, 1.807) is 6.07 Å². The molecule has 4 heteroatoms. The molecule has 1 aliphatic carbocycles. The lowest BCUT2D eigenvalue weighted by molar-refractivity contribution is 0.241. The number of nitrogens with zero attached hydrogens (tertiary/aromatic N) is 2. The van der Waals surface area contributed by atoms with E-state index in [9.17, 15) is 8.78 Å². The number of fused-ring (bicyclic) bond motifs is 1. The maximum Gasteiger partial charge on any atom is 0.150 e. The molecule has 1 aromatic rings. The monoisotopic (exact) mass is 276 g/mol. The van der Waals surface area contributed by atoms with Gasteiger partial charge in [-0.05, 0) is 43.7 Å². The second kappa shape index (κ2) is 5.40. The van der Waals surface area contributed by atoms with Crippen LogP contribution in [0.1, 0.15) is 44.1 Å². The summed E-state index contributed by atoms with van der Waals surface area (Å²) < 4.78 is 28.4. The van der Waals surface area contributed by atoms with Crippen molar-refractivity contribution in [2.75, 3.05) is 11.4 Å². The van der Waals surface area contributed by atoms with Gasteiger partial charge in [0.05, 0.1) is 11.6 Å². The third-order valence-electron chi connectivity index (χ3n) is 4.68. The first-order valence-electron chi connectivity index (χ1n) is 7.36. The highest BCUT2D eigenvalue weighted by atomic mass is 19.1. The molecule has 1 saturated carbocycles. The van der Waals surface area contributed by atoms with Crippen molar-refractivity contribution in [3.63, 3.8) is 0 Å². The molecule has 0 bridgehead atoms. The lowest BCUT2D eigenvalue weighted by Crippen LogP contribution is -2.47. The van der Waals surface area contributed by atoms with Gasteiger partial charge >= 0.3 is 0 Å². The van der Waals surface area contributed by atoms with E-state index >= 15 is 0 Å². The van der Waals surface area contributed by atoms with Gasteiger partial charge in [-0.25, -0.2) is 8.78 Å². The Morgan fingerprint density at radius 3 is 2.40 bits per heavy atom. The largest absolute Gasteiger partial charge is 0.364 e. The lowest BCUT2D eigenvalue weighted by Gasteiger charge is -2.45. The number of piperidine rings is 1. The minimum atomic E-state index is -0.604. The first-order chi connectivity index (χ1) is 9.70. The van der Waals surface area contributed by atoms with E-state index in [0.717, 1.165) is 31.4 Å². The van der Waals surface area contributed by atoms with Gasteiger partial charge in [0.15, 0.2) is 11.6 Å². The highest BCUT2D eigenvalue weighted by molar-refractivity contribution is 5.54. The van der Waals surface area contributed by atoms with E-state index < -0.39 is 11.6 Å². The Labute approximate surface area is 118 Å². The summed E-state index contributed by atoms with van der Waals surface area (Å²) in [6, 6.07) is 4.34. The van der Waals surface area contributed by atoms with E-state index in [1.165, 1.54) is 19.3 Å². The van der Waals surface area contributed by atoms with Crippen LogP contribution in [-0.4, -0.2) is 12.6 Å². The van der Waals surface area contributed by atoms with Crippen LogP contribution in [-0.2, 0) is 0 Å². The normalized spacial score (nSPS) is 25.9. The first kappa shape index (κ1) is 13.4. The Hall–Kier alpha value is -1.63. The molecule has 0 N–H and O–H groups in total. The van der Waals surface area contributed by atoms with E-state index in [2.05, 4.69) is 0 Å². The van der Waals surface area contributed by atoms with Crippen LogP contribution in [0.4, 0.5) is 14.5 Å². The van der Waals surface area contributed by atoms with Crippen molar-refractivity contribution in [1.29, 1.82) is 5.26 Å². The summed E-state index contributed by atoms with van der Waals surface area (Å²) in [5.74, 6) is -0.646. The number of halogens is 2. The van der Waals surface area contributed by atoms with Crippen LogP contribution in [0.3, 0.4) is 0 Å². The van der Waals surface area contributed by atoms with Crippen molar-refractivity contribution in [3.05, 3.63) is 29.3 Å². The van der Waals surface area contributed by atoms with Crippen LogP contribution in [0.25, 0.3) is 0 Å². The summed E-state index contributed by atoms with van der Waals surface area (Å²) in [7, 11) is 0. The Kier molecular flexibility index (Phi) is 3.60. The van der Waals surface area contributed by atoms with E-state index in [4.69, 9.17) is 5.26 Å². The molecule has 1 aromatic carbocycles. The Bertz CT molecular complexity index is 525. The SMILES string of the molecule is N#Cc1cc(F)c(N2CCCC3CCCCC32)c(F)c1. The third-order valence-corrected chi connectivity index (χ3v) is 4.68. The maximum atomic E-state index is 14.2. The first-order valence-corrected chi connectivity index (χ1v) is 7.36. The van der Waals surface area contributed by atoms with Crippen LogP contribution in [0.15, 0.2) is 12.1 Å². The quantitative estimate of drug-likeness (QED) is 0.775. The van der Waals surface area contributed by atoms with Crippen molar-refractivity contribution in [2.45, 2.75) is 44.6 Å². The number of benzene rings is 1. The average molecular weight is 276 g/mol. The van der Waals surface area contributed by atoms with Gasteiger partial charge < -0.3 is 4.90 Å². The fourth-order valence-electron chi connectivity index (χ4n) is 3.81. The Morgan fingerprint density at radius 2 is 1.70 bits per heavy atom. The molecule has 1 saturated heterocycles. The molecule has 20 heavy (non-hydrogen) atoms. The number of anilines is 1. The molecule has 1 aliphatic heterocycles. The van der Waals surface area contributed by atoms with Crippen molar-refractivity contribution < 1.29 is 8.78 Å². The van der Waals surface area contributed by atoms with Gasteiger partial charge in [-0.2, -0.15) is 5.26 Å². The second-order valence-electron chi connectivity index (χ2n) is 5.85. The van der Waals surface area contributed by atoms with Crippen molar-refractivity contribution in [1.82, 2.24) is 0 Å². The van der Waals surface area contributed by atoms with Gasteiger partial charge in [0.25, 0.3) is 0 Å². The minimum Gasteiger partial charge on any atom is -0.364 e. The van der Waals surface area contributed by atoms with Gasteiger partial charge in [0.1, 0.15) is 5.69 Å². The molecule has 1 heterocycles. The highest BCUT2D eigenvalue weighted by Crippen LogP contribution is 2.39. The number of hydrogen-bond acceptors (Lipinski definition) is 2. The molecule has 0 aromatic heterocycles. The molecule has 2 unspecified atom stereocenters. The summed E-state index contributed by atoms with van der Waals surface area (Å²) in [5, 5.41) is 8.78. The molecule has 2 aliphatic rings. The molecule has 2 atom stereocenters. The standard InChI is InChI=1S/C16H18F2N2/c17-13-8-11(10-19)9-14(18)16(13)20-7-3-5-12-4-1-2-6-15(12)20/h8-9,12,15H,1-7H2. The molecule has 3 rings (SSSR count). The Morgan fingerprint density at radius 1 is 1.05 bits per heavy atom. The molecule has 0 spiro atoms. The van der Waals surface area contributed by atoms with E-state index in [1.807, 2.05) is 4.90 Å². The minimum absolute atomic E-state index is 0.0425. The zero-order chi connectivity index (χ0) is 14.1. The van der Waals surface area contributed by atoms with Crippen LogP contribution in [0.5, 0.6) is 0 Å². The van der Waals surface area contributed by atoms with Gasteiger partial charge in [-0.1, -0.05) is 12.8 Å². The van der Waals surface area contributed by atoms with Crippen LogP contribution < -0.4 is 4.90 Å². The predicted octanol–water partition coefficient (Wildman–Crippen LogP) is 4.00. The topological polar surface area (TPSA) is 27.0 Å². The Balaban J connectivity index is 1.97. The predicted molar refractivity (Wildman–Crippen MR) is 73.4 cm³/mol. The van der Waals surface area contributed by atoms with Crippen LogP contribution in [0, 0.1) is 28.9 Å². The van der Waals surface area contributed by atoms with E-state index in [-0.39, 0.29) is 17.3 Å². The average Bonchev–Trinajstić information content (AvgIpc) is 2.46. The summed E-state index contributed by atoms with van der Waals surface area (Å²) >= 11 is 0. The van der Waals surface area contributed by atoms with Crippen molar-refractivity contribution >= 4 is 5.69 Å².